The summed E-state index contributed by atoms with van der Waals surface area (Å²) in [6, 6.07) is 14.7. The number of carbonyl (C=O) groups is 1. The van der Waals surface area contributed by atoms with Gasteiger partial charge in [0.15, 0.2) is 0 Å². The number of methoxy groups -OCH3 is 1. The molecule has 0 spiro atoms. The second-order valence-electron chi connectivity index (χ2n) is 4.95. The third-order valence-corrected chi connectivity index (χ3v) is 3.81. The topological polar surface area (TPSA) is 59.4 Å². The Kier molecular flexibility index (Phi) is 4.58. The summed E-state index contributed by atoms with van der Waals surface area (Å²) in [5.74, 6) is -0.336. The van der Waals surface area contributed by atoms with Gasteiger partial charge in [-0.25, -0.2) is 4.98 Å². The first kappa shape index (κ1) is 15.0. The first-order valence-corrected chi connectivity index (χ1v) is 6.91. The van der Waals surface area contributed by atoms with Gasteiger partial charge >= 0.3 is 5.97 Å². The van der Waals surface area contributed by atoms with Crippen LogP contribution >= 0.6 is 0 Å². The highest BCUT2D eigenvalue weighted by Crippen LogP contribution is 2.32. The minimum Gasteiger partial charge on any atom is -0.481 e. The molecule has 0 aliphatic carbocycles. The van der Waals surface area contributed by atoms with E-state index in [1.54, 1.807) is 13.2 Å². The lowest BCUT2D eigenvalue weighted by Gasteiger charge is -2.28. The van der Waals surface area contributed by atoms with E-state index in [4.69, 9.17) is 4.74 Å². The quantitative estimate of drug-likeness (QED) is 0.886. The number of nitrogens with zero attached hydrogens (tertiary/aromatic N) is 1. The summed E-state index contributed by atoms with van der Waals surface area (Å²) >= 11 is 0. The Morgan fingerprint density at radius 2 is 1.90 bits per heavy atom. The van der Waals surface area contributed by atoms with Crippen molar-refractivity contribution in [3.05, 3.63) is 59.8 Å². The van der Waals surface area contributed by atoms with Crippen LogP contribution in [0.5, 0.6) is 5.88 Å². The number of benzene rings is 1. The Balaban J connectivity index is 2.43. The first-order chi connectivity index (χ1) is 10.1. The molecule has 0 aliphatic rings. The highest BCUT2D eigenvalue weighted by Gasteiger charge is 2.39. The highest BCUT2D eigenvalue weighted by atomic mass is 16.5. The van der Waals surface area contributed by atoms with Crippen LogP contribution in [-0.4, -0.2) is 23.2 Å². The summed E-state index contributed by atoms with van der Waals surface area (Å²) in [5, 5.41) is 9.81. The Hall–Kier alpha value is -2.36. The van der Waals surface area contributed by atoms with Crippen molar-refractivity contribution >= 4 is 5.97 Å². The van der Waals surface area contributed by atoms with Gasteiger partial charge in [-0.3, -0.25) is 4.79 Å². The monoisotopic (exact) mass is 285 g/mol. The van der Waals surface area contributed by atoms with Crippen LogP contribution in [0.3, 0.4) is 0 Å². The van der Waals surface area contributed by atoms with Crippen molar-refractivity contribution < 1.29 is 14.6 Å². The van der Waals surface area contributed by atoms with E-state index in [-0.39, 0.29) is 0 Å². The Morgan fingerprint density at radius 3 is 2.48 bits per heavy atom. The lowest BCUT2D eigenvalue weighted by Crippen LogP contribution is -2.37. The van der Waals surface area contributed by atoms with E-state index in [9.17, 15) is 9.90 Å². The summed E-state index contributed by atoms with van der Waals surface area (Å²) in [7, 11) is 1.55. The number of ether oxygens (including phenoxy) is 1. The summed E-state index contributed by atoms with van der Waals surface area (Å²) in [6.45, 7) is 1.89. The molecule has 1 heterocycles. The molecule has 0 amide bonds. The SMILES string of the molecule is CCC(Cc1cccc(OC)n1)(C(=O)O)c1ccccc1. The number of pyridine rings is 1. The van der Waals surface area contributed by atoms with Crippen molar-refractivity contribution in [3.8, 4) is 5.88 Å². The Labute approximate surface area is 124 Å². The lowest BCUT2D eigenvalue weighted by atomic mass is 9.74. The molecule has 110 valence electrons. The van der Waals surface area contributed by atoms with Crippen LogP contribution in [0, 0.1) is 0 Å². The maximum Gasteiger partial charge on any atom is 0.314 e. The summed E-state index contributed by atoms with van der Waals surface area (Å²) < 4.78 is 5.11. The zero-order valence-electron chi connectivity index (χ0n) is 12.2. The molecule has 1 aromatic carbocycles. The molecule has 2 aromatic rings. The molecule has 0 fully saturated rings. The van der Waals surface area contributed by atoms with Crippen molar-refractivity contribution in [2.75, 3.05) is 7.11 Å². The van der Waals surface area contributed by atoms with Gasteiger partial charge in [0.1, 0.15) is 0 Å². The summed E-state index contributed by atoms with van der Waals surface area (Å²) in [6.07, 6.45) is 0.825. The fourth-order valence-electron chi connectivity index (χ4n) is 2.52. The minimum absolute atomic E-state index is 0.333. The lowest BCUT2D eigenvalue weighted by molar-refractivity contribution is -0.144. The molecule has 21 heavy (non-hydrogen) atoms. The van der Waals surface area contributed by atoms with Crippen LogP contribution in [0.1, 0.15) is 24.6 Å². The molecule has 0 saturated heterocycles. The summed E-state index contributed by atoms with van der Waals surface area (Å²) in [5.41, 5.74) is 0.535. The third kappa shape index (κ3) is 3.05. The van der Waals surface area contributed by atoms with E-state index in [0.29, 0.717) is 24.4 Å². The molecule has 4 heteroatoms. The number of rotatable bonds is 6. The van der Waals surface area contributed by atoms with Crippen LogP contribution in [0.2, 0.25) is 0 Å². The first-order valence-electron chi connectivity index (χ1n) is 6.91. The number of carboxylic acid groups (broad SMARTS) is 1. The average molecular weight is 285 g/mol. The Bertz CT molecular complexity index is 612. The zero-order chi connectivity index (χ0) is 15.3. The van der Waals surface area contributed by atoms with Gasteiger partial charge in [0.25, 0.3) is 0 Å². The molecule has 4 nitrogen and oxygen atoms in total. The molecule has 1 atom stereocenters. The largest absolute Gasteiger partial charge is 0.481 e. The molecule has 2 rings (SSSR count). The molecular formula is C17H19NO3. The van der Waals surface area contributed by atoms with Gasteiger partial charge in [0.05, 0.1) is 12.5 Å². The average Bonchev–Trinajstić information content (AvgIpc) is 2.53. The van der Waals surface area contributed by atoms with Gasteiger partial charge in [-0.15, -0.1) is 0 Å². The fourth-order valence-corrected chi connectivity index (χ4v) is 2.52. The van der Waals surface area contributed by atoms with Gasteiger partial charge < -0.3 is 9.84 Å². The van der Waals surface area contributed by atoms with E-state index >= 15 is 0 Å². The number of hydrogen-bond acceptors (Lipinski definition) is 3. The highest BCUT2D eigenvalue weighted by molar-refractivity contribution is 5.81. The number of hydrogen-bond donors (Lipinski definition) is 1. The van der Waals surface area contributed by atoms with Crippen molar-refractivity contribution in [1.29, 1.82) is 0 Å². The van der Waals surface area contributed by atoms with Crippen LogP contribution in [0.4, 0.5) is 0 Å². The minimum atomic E-state index is -0.972. The number of aromatic nitrogens is 1. The summed E-state index contributed by atoms with van der Waals surface area (Å²) in [4.78, 5) is 16.3. The van der Waals surface area contributed by atoms with Crippen LogP contribution in [0.15, 0.2) is 48.5 Å². The molecule has 1 unspecified atom stereocenters. The van der Waals surface area contributed by atoms with Crippen molar-refractivity contribution in [1.82, 2.24) is 4.98 Å². The second kappa shape index (κ2) is 6.39. The van der Waals surface area contributed by atoms with E-state index in [2.05, 4.69) is 4.98 Å². The van der Waals surface area contributed by atoms with Crippen molar-refractivity contribution in [3.63, 3.8) is 0 Å². The molecule has 0 saturated carbocycles. The predicted molar refractivity (Wildman–Crippen MR) is 80.5 cm³/mol. The molecule has 1 aromatic heterocycles. The van der Waals surface area contributed by atoms with Gasteiger partial charge in [0.2, 0.25) is 5.88 Å². The van der Waals surface area contributed by atoms with Crippen molar-refractivity contribution in [2.45, 2.75) is 25.2 Å². The molecule has 0 radical (unpaired) electrons. The molecular weight excluding hydrogens is 266 g/mol. The maximum absolute atomic E-state index is 12.0. The normalized spacial score (nSPS) is 13.4. The standard InChI is InChI=1S/C17H19NO3/c1-3-17(16(19)20,13-8-5-4-6-9-13)12-14-10-7-11-15(18-14)21-2/h4-11H,3,12H2,1-2H3,(H,19,20). The predicted octanol–water partition coefficient (Wildman–Crippen LogP) is 3.07. The molecule has 0 aliphatic heterocycles. The van der Waals surface area contributed by atoms with Gasteiger partial charge in [0, 0.05) is 18.2 Å². The van der Waals surface area contributed by atoms with Crippen LogP contribution < -0.4 is 4.74 Å². The van der Waals surface area contributed by atoms with E-state index in [0.717, 1.165) is 5.56 Å². The van der Waals surface area contributed by atoms with Gasteiger partial charge in [-0.1, -0.05) is 43.3 Å². The van der Waals surface area contributed by atoms with E-state index in [1.165, 1.54) is 0 Å². The molecule has 1 N–H and O–H groups in total. The van der Waals surface area contributed by atoms with Crippen LogP contribution in [0.25, 0.3) is 0 Å². The van der Waals surface area contributed by atoms with E-state index in [1.807, 2.05) is 49.4 Å². The number of carboxylic acids is 1. The zero-order valence-corrected chi connectivity index (χ0v) is 12.2. The van der Waals surface area contributed by atoms with Gasteiger partial charge in [-0.05, 0) is 18.1 Å². The third-order valence-electron chi connectivity index (χ3n) is 3.81. The maximum atomic E-state index is 12.0. The molecule has 0 bridgehead atoms. The van der Waals surface area contributed by atoms with Crippen molar-refractivity contribution in [2.24, 2.45) is 0 Å². The van der Waals surface area contributed by atoms with E-state index < -0.39 is 11.4 Å². The number of aliphatic carboxylic acids is 1. The Morgan fingerprint density at radius 1 is 1.19 bits per heavy atom. The second-order valence-corrected chi connectivity index (χ2v) is 4.95. The smallest absolute Gasteiger partial charge is 0.314 e. The van der Waals surface area contributed by atoms with Crippen LogP contribution in [-0.2, 0) is 16.6 Å². The fraction of sp³-hybridized carbons (Fsp3) is 0.294. The van der Waals surface area contributed by atoms with Gasteiger partial charge in [-0.2, -0.15) is 0 Å².